The molecule has 162 valence electrons. The molecule has 2 aromatic carbocycles. The topological polar surface area (TPSA) is 70.8 Å². The smallest absolute Gasteiger partial charge is 0.226 e. The predicted octanol–water partition coefficient (Wildman–Crippen LogP) is 5.52. The summed E-state index contributed by atoms with van der Waals surface area (Å²) in [5.41, 5.74) is 2.03. The summed E-state index contributed by atoms with van der Waals surface area (Å²) in [5, 5.41) is 0. The lowest BCUT2D eigenvalue weighted by molar-refractivity contribution is 0.0979. The Morgan fingerprint density at radius 2 is 1.97 bits per heavy atom. The zero-order chi connectivity index (χ0) is 22.2. The maximum atomic E-state index is 12.7. The van der Waals surface area contributed by atoms with E-state index in [4.69, 9.17) is 18.6 Å². The highest BCUT2D eigenvalue weighted by molar-refractivity contribution is 5.98. The highest BCUT2D eigenvalue weighted by Crippen LogP contribution is 2.33. The highest BCUT2D eigenvalue weighted by Gasteiger charge is 2.15. The van der Waals surface area contributed by atoms with Gasteiger partial charge in [-0.25, -0.2) is 4.98 Å². The molecule has 0 atom stereocenters. The van der Waals surface area contributed by atoms with Gasteiger partial charge in [0.2, 0.25) is 5.89 Å². The van der Waals surface area contributed by atoms with Crippen molar-refractivity contribution >= 4 is 5.78 Å². The molecule has 6 heteroatoms. The van der Waals surface area contributed by atoms with E-state index in [-0.39, 0.29) is 11.9 Å². The first-order valence-electron chi connectivity index (χ1n) is 10.2. The van der Waals surface area contributed by atoms with Crippen LogP contribution in [0.4, 0.5) is 0 Å². The molecule has 1 heterocycles. The van der Waals surface area contributed by atoms with Gasteiger partial charge < -0.3 is 18.6 Å². The van der Waals surface area contributed by atoms with Gasteiger partial charge in [0.05, 0.1) is 24.5 Å². The van der Waals surface area contributed by atoms with Gasteiger partial charge in [0.15, 0.2) is 17.3 Å². The van der Waals surface area contributed by atoms with Crippen LogP contribution >= 0.6 is 0 Å². The van der Waals surface area contributed by atoms with E-state index in [0.717, 1.165) is 5.56 Å². The molecule has 0 amide bonds. The van der Waals surface area contributed by atoms with Crippen molar-refractivity contribution in [1.29, 1.82) is 0 Å². The van der Waals surface area contributed by atoms with E-state index in [0.29, 0.717) is 53.8 Å². The SMILES string of the molecule is C=CCOc1ccccc1C(=O)CCc1coc(-c2ccc(OC)c(OC(C)C)c2)n1. The third kappa shape index (κ3) is 5.75. The summed E-state index contributed by atoms with van der Waals surface area (Å²) in [6.45, 7) is 7.89. The summed E-state index contributed by atoms with van der Waals surface area (Å²) in [6.07, 6.45) is 3.99. The van der Waals surface area contributed by atoms with Gasteiger partial charge in [-0.15, -0.1) is 0 Å². The number of aromatic nitrogens is 1. The largest absolute Gasteiger partial charge is 0.493 e. The number of ketones is 1. The van der Waals surface area contributed by atoms with E-state index in [9.17, 15) is 4.79 Å². The normalized spacial score (nSPS) is 10.7. The van der Waals surface area contributed by atoms with Crippen LogP contribution in [-0.4, -0.2) is 30.6 Å². The average molecular weight is 421 g/mol. The maximum Gasteiger partial charge on any atom is 0.226 e. The predicted molar refractivity (Wildman–Crippen MR) is 119 cm³/mol. The molecule has 31 heavy (non-hydrogen) atoms. The molecule has 0 aliphatic carbocycles. The Morgan fingerprint density at radius 1 is 1.16 bits per heavy atom. The van der Waals surface area contributed by atoms with Crippen molar-refractivity contribution in [2.75, 3.05) is 13.7 Å². The number of hydrogen-bond donors (Lipinski definition) is 0. The van der Waals surface area contributed by atoms with Crippen LogP contribution in [0.15, 0.2) is 65.8 Å². The monoisotopic (exact) mass is 421 g/mol. The zero-order valence-corrected chi connectivity index (χ0v) is 18.1. The molecule has 0 N–H and O–H groups in total. The van der Waals surface area contributed by atoms with Crippen LogP contribution in [0.3, 0.4) is 0 Å². The minimum Gasteiger partial charge on any atom is -0.493 e. The van der Waals surface area contributed by atoms with E-state index < -0.39 is 0 Å². The molecule has 0 saturated heterocycles. The standard InChI is InChI=1S/C25H27NO5/c1-5-14-29-22-9-7-6-8-20(22)21(27)12-11-19-16-30-25(26-19)18-10-13-23(28-4)24(15-18)31-17(2)3/h5-10,13,15-17H,1,11-12,14H2,2-4H3. The van der Waals surface area contributed by atoms with E-state index in [1.54, 1.807) is 31.6 Å². The van der Waals surface area contributed by atoms with Crippen molar-refractivity contribution < 1.29 is 23.4 Å². The van der Waals surface area contributed by atoms with E-state index in [1.165, 1.54) is 0 Å². The van der Waals surface area contributed by atoms with Gasteiger partial charge in [0.1, 0.15) is 18.6 Å². The number of carbonyl (C=O) groups excluding carboxylic acids is 1. The minimum absolute atomic E-state index is 0.00798. The number of carbonyl (C=O) groups is 1. The Bertz CT molecular complexity index is 1040. The second kappa shape index (κ2) is 10.5. The van der Waals surface area contributed by atoms with Gasteiger partial charge in [-0.3, -0.25) is 4.79 Å². The molecule has 6 nitrogen and oxygen atoms in total. The number of methoxy groups -OCH3 is 1. The molecular weight excluding hydrogens is 394 g/mol. The summed E-state index contributed by atoms with van der Waals surface area (Å²) in [7, 11) is 1.60. The molecular formula is C25H27NO5. The third-order valence-electron chi connectivity index (χ3n) is 4.48. The first-order valence-corrected chi connectivity index (χ1v) is 10.2. The van der Waals surface area contributed by atoms with Crippen molar-refractivity contribution in [3.63, 3.8) is 0 Å². The Kier molecular flexibility index (Phi) is 7.49. The summed E-state index contributed by atoms with van der Waals surface area (Å²) in [6, 6.07) is 12.7. The lowest BCUT2D eigenvalue weighted by Crippen LogP contribution is -2.06. The Hall–Kier alpha value is -3.54. The molecule has 0 radical (unpaired) electrons. The van der Waals surface area contributed by atoms with Crippen molar-refractivity contribution in [2.45, 2.75) is 32.8 Å². The number of Topliss-reactive ketones (excluding diaryl/α,β-unsaturated/α-hetero) is 1. The molecule has 0 saturated carbocycles. The number of oxazole rings is 1. The number of nitrogens with zero attached hydrogens (tertiary/aromatic N) is 1. The second-order valence-electron chi connectivity index (χ2n) is 7.20. The Labute approximate surface area is 182 Å². The summed E-state index contributed by atoms with van der Waals surface area (Å²) in [4.78, 5) is 17.2. The fraction of sp³-hybridized carbons (Fsp3) is 0.280. The molecule has 0 fully saturated rings. The van der Waals surface area contributed by atoms with Crippen LogP contribution in [0, 0.1) is 0 Å². The van der Waals surface area contributed by atoms with E-state index in [2.05, 4.69) is 11.6 Å². The molecule has 3 aromatic rings. The fourth-order valence-electron chi connectivity index (χ4n) is 3.06. The van der Waals surface area contributed by atoms with Crippen LogP contribution in [0.25, 0.3) is 11.5 Å². The minimum atomic E-state index is -0.0127. The molecule has 3 rings (SSSR count). The van der Waals surface area contributed by atoms with Crippen molar-refractivity contribution in [3.8, 4) is 28.7 Å². The first kappa shape index (κ1) is 22.2. The van der Waals surface area contributed by atoms with Crippen molar-refractivity contribution in [2.24, 2.45) is 0 Å². The van der Waals surface area contributed by atoms with Crippen LogP contribution in [-0.2, 0) is 6.42 Å². The van der Waals surface area contributed by atoms with Gasteiger partial charge in [-0.1, -0.05) is 24.8 Å². The zero-order valence-electron chi connectivity index (χ0n) is 18.1. The van der Waals surface area contributed by atoms with Gasteiger partial charge in [0, 0.05) is 18.4 Å². The van der Waals surface area contributed by atoms with E-state index in [1.807, 2.05) is 44.2 Å². The van der Waals surface area contributed by atoms with Gasteiger partial charge in [-0.05, 0) is 44.2 Å². The number of aryl methyl sites for hydroxylation is 1. The van der Waals surface area contributed by atoms with Gasteiger partial charge in [-0.2, -0.15) is 0 Å². The molecule has 0 unspecified atom stereocenters. The van der Waals surface area contributed by atoms with Crippen LogP contribution in [0.5, 0.6) is 17.2 Å². The molecule has 0 aliphatic rings. The summed E-state index contributed by atoms with van der Waals surface area (Å²) in [5.74, 6) is 2.28. The summed E-state index contributed by atoms with van der Waals surface area (Å²) >= 11 is 0. The highest BCUT2D eigenvalue weighted by atomic mass is 16.5. The van der Waals surface area contributed by atoms with Gasteiger partial charge in [0.25, 0.3) is 0 Å². The van der Waals surface area contributed by atoms with Crippen LogP contribution in [0.1, 0.15) is 36.3 Å². The average Bonchev–Trinajstić information content (AvgIpc) is 3.25. The quantitative estimate of drug-likeness (QED) is 0.300. The number of benzene rings is 2. The van der Waals surface area contributed by atoms with Crippen molar-refractivity contribution in [3.05, 3.63) is 72.6 Å². The molecule has 0 aliphatic heterocycles. The Morgan fingerprint density at radius 3 is 2.71 bits per heavy atom. The number of hydrogen-bond acceptors (Lipinski definition) is 6. The number of rotatable bonds is 11. The summed E-state index contributed by atoms with van der Waals surface area (Å²) < 4.78 is 22.4. The van der Waals surface area contributed by atoms with Crippen LogP contribution < -0.4 is 14.2 Å². The molecule has 0 spiro atoms. The first-order chi connectivity index (χ1) is 15.0. The third-order valence-corrected chi connectivity index (χ3v) is 4.48. The van der Waals surface area contributed by atoms with Crippen LogP contribution in [0.2, 0.25) is 0 Å². The second-order valence-corrected chi connectivity index (χ2v) is 7.20. The van der Waals surface area contributed by atoms with Gasteiger partial charge >= 0.3 is 0 Å². The van der Waals surface area contributed by atoms with Crippen molar-refractivity contribution in [1.82, 2.24) is 4.98 Å². The number of para-hydroxylation sites is 1. The Balaban J connectivity index is 1.70. The lowest BCUT2D eigenvalue weighted by atomic mass is 10.0. The molecule has 1 aromatic heterocycles. The van der Waals surface area contributed by atoms with E-state index >= 15 is 0 Å². The number of ether oxygens (including phenoxy) is 3. The molecule has 0 bridgehead atoms. The fourth-order valence-corrected chi connectivity index (χ4v) is 3.06. The maximum absolute atomic E-state index is 12.7. The lowest BCUT2D eigenvalue weighted by Gasteiger charge is -2.13.